The van der Waals surface area contributed by atoms with Crippen molar-refractivity contribution in [2.45, 2.75) is 12.1 Å². The second-order valence-corrected chi connectivity index (χ2v) is 11.0. The Balaban J connectivity index is 1.72. The van der Waals surface area contributed by atoms with Gasteiger partial charge < -0.3 is 10.6 Å². The molecule has 1 aliphatic rings. The van der Waals surface area contributed by atoms with Gasteiger partial charge in [0.25, 0.3) is 5.91 Å². The minimum Gasteiger partial charge on any atom is -0.397 e. The number of piperazine rings is 1. The van der Waals surface area contributed by atoms with Gasteiger partial charge in [0, 0.05) is 44.3 Å². The highest BCUT2D eigenvalue weighted by molar-refractivity contribution is 7.90. The second kappa shape index (κ2) is 10.3. The van der Waals surface area contributed by atoms with E-state index in [1.807, 2.05) is 48.5 Å². The Kier molecular flexibility index (Phi) is 7.15. The summed E-state index contributed by atoms with van der Waals surface area (Å²) in [5.41, 5.74) is 8.99. The number of pyridine rings is 1. The SMILES string of the molecule is CS(=O)(=O)CC1CN(C(=O)c2cncc(N)c2)CCN1[C@H](c1ccccc1)c1cccc(C#N)c1. The number of hydrogen-bond acceptors (Lipinski definition) is 7. The summed E-state index contributed by atoms with van der Waals surface area (Å²) < 4.78 is 24.9. The number of amides is 1. The summed E-state index contributed by atoms with van der Waals surface area (Å²) in [6.45, 7) is 1.11. The number of hydrogen-bond donors (Lipinski definition) is 1. The van der Waals surface area contributed by atoms with Crippen LogP contribution in [0.25, 0.3) is 0 Å². The minimum absolute atomic E-state index is 0.104. The molecule has 0 saturated carbocycles. The van der Waals surface area contributed by atoms with Crippen molar-refractivity contribution in [2.24, 2.45) is 0 Å². The Bertz CT molecular complexity index is 1350. The van der Waals surface area contributed by atoms with Gasteiger partial charge in [0.15, 0.2) is 0 Å². The first-order chi connectivity index (χ1) is 16.7. The Morgan fingerprint density at radius 3 is 2.54 bits per heavy atom. The van der Waals surface area contributed by atoms with Gasteiger partial charge in [-0.25, -0.2) is 8.42 Å². The van der Waals surface area contributed by atoms with Gasteiger partial charge in [0.1, 0.15) is 9.84 Å². The number of rotatable bonds is 6. The van der Waals surface area contributed by atoms with E-state index >= 15 is 0 Å². The van der Waals surface area contributed by atoms with Crippen LogP contribution in [0.5, 0.6) is 0 Å². The molecular weight excluding hydrogens is 462 g/mol. The molecule has 1 fully saturated rings. The van der Waals surface area contributed by atoms with Crippen LogP contribution in [0, 0.1) is 11.3 Å². The molecule has 1 amide bonds. The van der Waals surface area contributed by atoms with Crippen molar-refractivity contribution < 1.29 is 13.2 Å². The number of aromatic nitrogens is 1. The number of nitriles is 1. The topological polar surface area (TPSA) is 120 Å². The van der Waals surface area contributed by atoms with E-state index in [4.69, 9.17) is 5.73 Å². The highest BCUT2D eigenvalue weighted by atomic mass is 32.2. The van der Waals surface area contributed by atoms with Crippen LogP contribution in [0.4, 0.5) is 5.69 Å². The maximum absolute atomic E-state index is 13.2. The highest BCUT2D eigenvalue weighted by Crippen LogP contribution is 2.33. The first kappa shape index (κ1) is 24.4. The van der Waals surface area contributed by atoms with Crippen molar-refractivity contribution in [2.75, 3.05) is 37.4 Å². The molecule has 2 atom stereocenters. The average Bonchev–Trinajstić information content (AvgIpc) is 2.84. The fourth-order valence-corrected chi connectivity index (χ4v) is 5.63. The molecule has 180 valence electrons. The molecule has 1 aromatic heterocycles. The lowest BCUT2D eigenvalue weighted by Crippen LogP contribution is -2.57. The Labute approximate surface area is 205 Å². The molecular formula is C26H27N5O3S. The van der Waals surface area contributed by atoms with Crippen molar-refractivity contribution >= 4 is 21.4 Å². The molecule has 2 N–H and O–H groups in total. The standard InChI is InChI=1S/C26H27N5O3S/c1-35(33,34)18-24-17-30(26(32)22-13-23(28)16-29-15-22)10-11-31(24)25(20-7-3-2-4-8-20)21-9-5-6-19(12-21)14-27/h2-9,12-13,15-16,24-25H,10-11,17-18,28H2,1H3/t24?,25-/m1/s1. The summed E-state index contributed by atoms with van der Waals surface area (Å²) in [6, 6.07) is 20.2. The first-order valence-electron chi connectivity index (χ1n) is 11.2. The van der Waals surface area contributed by atoms with E-state index in [9.17, 15) is 18.5 Å². The summed E-state index contributed by atoms with van der Waals surface area (Å²) in [5.74, 6) is -0.335. The predicted molar refractivity (Wildman–Crippen MR) is 134 cm³/mol. The van der Waals surface area contributed by atoms with Crippen LogP contribution in [-0.2, 0) is 9.84 Å². The van der Waals surface area contributed by atoms with Gasteiger partial charge in [0.05, 0.1) is 34.7 Å². The van der Waals surface area contributed by atoms with Crippen LogP contribution in [0.1, 0.15) is 33.1 Å². The van der Waals surface area contributed by atoms with Crippen molar-refractivity contribution in [1.82, 2.24) is 14.8 Å². The second-order valence-electron chi connectivity index (χ2n) is 8.79. The van der Waals surface area contributed by atoms with E-state index < -0.39 is 15.9 Å². The van der Waals surface area contributed by atoms with Gasteiger partial charge in [-0.1, -0.05) is 42.5 Å². The fourth-order valence-electron chi connectivity index (χ4n) is 4.64. The number of sulfone groups is 1. The van der Waals surface area contributed by atoms with Crippen LogP contribution in [0.3, 0.4) is 0 Å². The smallest absolute Gasteiger partial charge is 0.255 e. The van der Waals surface area contributed by atoms with Crippen molar-refractivity contribution in [3.8, 4) is 6.07 Å². The molecule has 1 saturated heterocycles. The molecule has 9 heteroatoms. The molecule has 8 nitrogen and oxygen atoms in total. The minimum atomic E-state index is -3.35. The lowest BCUT2D eigenvalue weighted by atomic mass is 9.93. The molecule has 0 radical (unpaired) electrons. The fraction of sp³-hybridized carbons (Fsp3) is 0.269. The number of nitrogens with two attached hydrogens (primary N) is 1. The Morgan fingerprint density at radius 1 is 1.11 bits per heavy atom. The quantitative estimate of drug-likeness (QED) is 0.565. The zero-order valence-electron chi connectivity index (χ0n) is 19.4. The molecule has 0 spiro atoms. The zero-order chi connectivity index (χ0) is 25.0. The molecule has 35 heavy (non-hydrogen) atoms. The number of anilines is 1. The number of nitrogen functional groups attached to an aromatic ring is 1. The number of benzene rings is 2. The van der Waals surface area contributed by atoms with Gasteiger partial charge in [0.2, 0.25) is 0 Å². The lowest BCUT2D eigenvalue weighted by molar-refractivity contribution is 0.0435. The van der Waals surface area contributed by atoms with Gasteiger partial charge in [-0.2, -0.15) is 5.26 Å². The summed E-state index contributed by atoms with van der Waals surface area (Å²) in [7, 11) is -3.35. The maximum atomic E-state index is 13.2. The van der Waals surface area contributed by atoms with Crippen molar-refractivity contribution in [3.05, 3.63) is 95.3 Å². The van der Waals surface area contributed by atoms with E-state index in [1.165, 1.54) is 18.6 Å². The Morgan fingerprint density at radius 2 is 1.86 bits per heavy atom. The first-order valence-corrected chi connectivity index (χ1v) is 13.3. The van der Waals surface area contributed by atoms with E-state index in [1.54, 1.807) is 17.0 Å². The Hall–Kier alpha value is -3.74. The third-order valence-corrected chi connectivity index (χ3v) is 7.09. The van der Waals surface area contributed by atoms with E-state index in [2.05, 4.69) is 16.0 Å². The third-order valence-electron chi connectivity index (χ3n) is 6.10. The van der Waals surface area contributed by atoms with E-state index in [0.717, 1.165) is 11.1 Å². The number of nitrogens with zero attached hydrogens (tertiary/aromatic N) is 4. The zero-order valence-corrected chi connectivity index (χ0v) is 20.2. The molecule has 0 aliphatic carbocycles. The molecule has 2 heterocycles. The van der Waals surface area contributed by atoms with E-state index in [-0.39, 0.29) is 24.2 Å². The molecule has 1 aliphatic heterocycles. The van der Waals surface area contributed by atoms with Crippen molar-refractivity contribution in [1.29, 1.82) is 5.26 Å². The van der Waals surface area contributed by atoms with Gasteiger partial charge in [-0.3, -0.25) is 14.7 Å². The van der Waals surface area contributed by atoms with Crippen LogP contribution in [-0.4, -0.2) is 66.8 Å². The molecule has 1 unspecified atom stereocenters. The molecule has 3 aromatic rings. The van der Waals surface area contributed by atoms with Gasteiger partial charge in [-0.05, 0) is 29.3 Å². The van der Waals surface area contributed by atoms with Gasteiger partial charge >= 0.3 is 0 Å². The summed E-state index contributed by atoms with van der Waals surface area (Å²) in [6.07, 6.45) is 4.15. The average molecular weight is 490 g/mol. The summed E-state index contributed by atoms with van der Waals surface area (Å²) >= 11 is 0. The molecule has 4 rings (SSSR count). The third kappa shape index (κ3) is 5.85. The molecule has 2 aromatic carbocycles. The van der Waals surface area contributed by atoms with Gasteiger partial charge in [-0.15, -0.1) is 0 Å². The monoisotopic (exact) mass is 489 g/mol. The van der Waals surface area contributed by atoms with Crippen LogP contribution in [0.2, 0.25) is 0 Å². The van der Waals surface area contributed by atoms with Crippen LogP contribution in [0.15, 0.2) is 73.1 Å². The lowest BCUT2D eigenvalue weighted by Gasteiger charge is -2.45. The summed E-state index contributed by atoms with van der Waals surface area (Å²) in [4.78, 5) is 21.0. The van der Waals surface area contributed by atoms with Crippen LogP contribution < -0.4 is 5.73 Å². The normalized spacial score (nSPS) is 17.5. The highest BCUT2D eigenvalue weighted by Gasteiger charge is 2.37. The largest absolute Gasteiger partial charge is 0.397 e. The number of carbonyl (C=O) groups is 1. The summed E-state index contributed by atoms with van der Waals surface area (Å²) in [5, 5.41) is 9.45. The van der Waals surface area contributed by atoms with Crippen molar-refractivity contribution in [3.63, 3.8) is 0 Å². The maximum Gasteiger partial charge on any atom is 0.255 e. The predicted octanol–water partition coefficient (Wildman–Crippen LogP) is 2.50. The molecule has 0 bridgehead atoms. The van der Waals surface area contributed by atoms with E-state index in [0.29, 0.717) is 29.9 Å². The van der Waals surface area contributed by atoms with Crippen LogP contribution >= 0.6 is 0 Å². The number of carbonyl (C=O) groups excluding carboxylic acids is 1.